The number of nitriles is 1. The van der Waals surface area contributed by atoms with Gasteiger partial charge in [0, 0.05) is 6.21 Å². The van der Waals surface area contributed by atoms with Crippen LogP contribution in [0.5, 0.6) is 5.75 Å². The van der Waals surface area contributed by atoms with E-state index in [1.165, 1.54) is 0 Å². The predicted octanol–water partition coefficient (Wildman–Crippen LogP) is 3.86. The maximum absolute atomic E-state index is 8.71. The molecule has 0 bridgehead atoms. The normalized spacial score (nSPS) is 9.80. The molecule has 0 unspecified atom stereocenters. The van der Waals surface area contributed by atoms with Gasteiger partial charge in [0.05, 0.1) is 23.9 Å². The third-order valence-corrected chi connectivity index (χ3v) is 2.55. The zero-order chi connectivity index (χ0) is 13.5. The molecule has 0 aliphatic carbocycles. The Kier molecular flexibility index (Phi) is 5.92. The van der Waals surface area contributed by atoms with Gasteiger partial charge in [0.25, 0.3) is 0 Å². The van der Waals surface area contributed by atoms with Crippen molar-refractivity contribution in [2.45, 2.75) is 6.92 Å². The van der Waals surface area contributed by atoms with E-state index in [1.54, 1.807) is 18.3 Å². The van der Waals surface area contributed by atoms with Crippen molar-refractivity contribution in [3.8, 4) is 11.8 Å². The van der Waals surface area contributed by atoms with E-state index in [9.17, 15) is 0 Å². The molecule has 0 aliphatic heterocycles. The summed E-state index contributed by atoms with van der Waals surface area (Å²) in [5.41, 5.74) is 2.49. The summed E-state index contributed by atoms with van der Waals surface area (Å²) in [5.74, 6) is 0.847. The SMILES string of the molecule is CCOc1ccc(N=Cc2ccc(C#N)cc2)cc1.F. The van der Waals surface area contributed by atoms with Crippen LogP contribution in [0.2, 0.25) is 0 Å². The maximum atomic E-state index is 8.71. The summed E-state index contributed by atoms with van der Waals surface area (Å²) in [4.78, 5) is 4.37. The van der Waals surface area contributed by atoms with Crippen LogP contribution < -0.4 is 4.74 Å². The quantitative estimate of drug-likeness (QED) is 0.792. The Morgan fingerprint density at radius 3 is 2.30 bits per heavy atom. The lowest BCUT2D eigenvalue weighted by molar-refractivity contribution is 0.340. The minimum Gasteiger partial charge on any atom is -0.494 e. The predicted molar refractivity (Wildman–Crippen MR) is 78.5 cm³/mol. The Morgan fingerprint density at radius 2 is 1.75 bits per heavy atom. The molecule has 0 aromatic heterocycles. The molecule has 3 nitrogen and oxygen atoms in total. The average Bonchev–Trinajstić information content (AvgIpc) is 2.47. The Balaban J connectivity index is 0.00000200. The summed E-state index contributed by atoms with van der Waals surface area (Å²) in [6.07, 6.45) is 1.77. The first-order valence-electron chi connectivity index (χ1n) is 6.09. The molecule has 0 atom stereocenters. The lowest BCUT2D eigenvalue weighted by Crippen LogP contribution is -1.89. The number of aliphatic imine (C=N–C) groups is 1. The maximum Gasteiger partial charge on any atom is 0.119 e. The van der Waals surface area contributed by atoms with Crippen molar-refractivity contribution in [1.29, 1.82) is 5.26 Å². The highest BCUT2D eigenvalue weighted by Crippen LogP contribution is 2.18. The molecule has 0 amide bonds. The molecule has 0 N–H and O–H groups in total. The summed E-state index contributed by atoms with van der Waals surface area (Å²) in [6, 6.07) is 17.0. The number of hydrogen-bond acceptors (Lipinski definition) is 3. The molecular weight excluding hydrogens is 255 g/mol. The fourth-order valence-electron chi connectivity index (χ4n) is 1.59. The lowest BCUT2D eigenvalue weighted by atomic mass is 10.2. The van der Waals surface area contributed by atoms with Crippen molar-refractivity contribution in [2.75, 3.05) is 6.61 Å². The van der Waals surface area contributed by atoms with E-state index < -0.39 is 0 Å². The molecule has 0 saturated carbocycles. The molecule has 2 aromatic rings. The fourth-order valence-corrected chi connectivity index (χ4v) is 1.59. The van der Waals surface area contributed by atoms with E-state index in [0.29, 0.717) is 12.2 Å². The van der Waals surface area contributed by atoms with Crippen LogP contribution >= 0.6 is 0 Å². The van der Waals surface area contributed by atoms with E-state index in [0.717, 1.165) is 17.0 Å². The summed E-state index contributed by atoms with van der Waals surface area (Å²) in [5, 5.41) is 8.71. The second-order valence-corrected chi connectivity index (χ2v) is 3.92. The Bertz CT molecular complexity index is 598. The van der Waals surface area contributed by atoms with Gasteiger partial charge in [-0.15, -0.1) is 0 Å². The van der Waals surface area contributed by atoms with Gasteiger partial charge in [-0.1, -0.05) is 12.1 Å². The fraction of sp³-hybridized carbons (Fsp3) is 0.125. The Morgan fingerprint density at radius 1 is 1.10 bits per heavy atom. The first-order valence-corrected chi connectivity index (χ1v) is 6.09. The third-order valence-electron chi connectivity index (χ3n) is 2.55. The zero-order valence-electron chi connectivity index (χ0n) is 11.1. The first kappa shape index (κ1) is 15.4. The lowest BCUT2D eigenvalue weighted by Gasteiger charge is -2.02. The second-order valence-electron chi connectivity index (χ2n) is 3.92. The van der Waals surface area contributed by atoms with Gasteiger partial charge >= 0.3 is 0 Å². The van der Waals surface area contributed by atoms with Crippen LogP contribution in [0.4, 0.5) is 10.4 Å². The van der Waals surface area contributed by atoms with Gasteiger partial charge < -0.3 is 4.74 Å². The molecule has 4 heteroatoms. The van der Waals surface area contributed by atoms with E-state index in [4.69, 9.17) is 10.00 Å². The van der Waals surface area contributed by atoms with E-state index in [-0.39, 0.29) is 4.70 Å². The number of benzene rings is 2. The average molecular weight is 270 g/mol. The first-order chi connectivity index (χ1) is 9.31. The molecule has 20 heavy (non-hydrogen) atoms. The topological polar surface area (TPSA) is 45.4 Å². The molecule has 0 fully saturated rings. The van der Waals surface area contributed by atoms with Crippen LogP contribution in [0.25, 0.3) is 0 Å². The van der Waals surface area contributed by atoms with Crippen molar-refractivity contribution < 1.29 is 9.44 Å². The molecule has 0 heterocycles. The molecule has 102 valence electrons. The van der Waals surface area contributed by atoms with Crippen molar-refractivity contribution >= 4 is 11.9 Å². The summed E-state index contributed by atoms with van der Waals surface area (Å²) in [7, 11) is 0. The van der Waals surface area contributed by atoms with Crippen LogP contribution in [0.1, 0.15) is 18.1 Å². The monoisotopic (exact) mass is 270 g/mol. The number of rotatable bonds is 4. The van der Waals surface area contributed by atoms with E-state index in [1.807, 2.05) is 43.3 Å². The minimum absolute atomic E-state index is 0. The molecule has 0 aliphatic rings. The van der Waals surface area contributed by atoms with Crippen molar-refractivity contribution in [2.24, 2.45) is 4.99 Å². The number of ether oxygens (including phenoxy) is 1. The van der Waals surface area contributed by atoms with Crippen LogP contribution in [-0.4, -0.2) is 12.8 Å². The summed E-state index contributed by atoms with van der Waals surface area (Å²) < 4.78 is 5.37. The van der Waals surface area contributed by atoms with E-state index >= 15 is 0 Å². The van der Waals surface area contributed by atoms with Gasteiger partial charge in [-0.05, 0) is 48.9 Å². The third kappa shape index (κ3) is 4.21. The minimum atomic E-state index is 0. The Labute approximate surface area is 117 Å². The largest absolute Gasteiger partial charge is 0.494 e. The van der Waals surface area contributed by atoms with Crippen LogP contribution in [0.3, 0.4) is 0 Å². The Hall–Kier alpha value is -2.67. The van der Waals surface area contributed by atoms with Crippen LogP contribution in [0.15, 0.2) is 53.5 Å². The molecular formula is C16H15FN2O. The van der Waals surface area contributed by atoms with Crippen LogP contribution in [0, 0.1) is 11.3 Å². The smallest absolute Gasteiger partial charge is 0.119 e. The number of nitrogens with zero attached hydrogens (tertiary/aromatic N) is 2. The highest BCUT2D eigenvalue weighted by atomic mass is 19.0. The molecule has 2 rings (SSSR count). The van der Waals surface area contributed by atoms with E-state index in [2.05, 4.69) is 11.1 Å². The molecule has 0 saturated heterocycles. The van der Waals surface area contributed by atoms with Crippen molar-refractivity contribution in [3.63, 3.8) is 0 Å². The molecule has 0 radical (unpaired) electrons. The summed E-state index contributed by atoms with van der Waals surface area (Å²) in [6.45, 7) is 2.62. The second kappa shape index (κ2) is 7.70. The van der Waals surface area contributed by atoms with Gasteiger partial charge in [0.1, 0.15) is 5.75 Å². The van der Waals surface area contributed by atoms with Gasteiger partial charge in [-0.25, -0.2) is 0 Å². The van der Waals surface area contributed by atoms with Crippen LogP contribution in [-0.2, 0) is 0 Å². The highest BCUT2D eigenvalue weighted by Gasteiger charge is 1.93. The van der Waals surface area contributed by atoms with Gasteiger partial charge in [-0.2, -0.15) is 5.26 Å². The number of halogens is 1. The number of hydrogen-bond donors (Lipinski definition) is 0. The standard InChI is InChI=1S/C16H14N2O.FH/c1-2-19-16-9-7-15(8-10-16)18-12-14-5-3-13(11-17)4-6-14;/h3-10,12H,2H2,1H3;1H. The van der Waals surface area contributed by atoms with Gasteiger partial charge in [0.2, 0.25) is 0 Å². The highest BCUT2D eigenvalue weighted by molar-refractivity contribution is 5.82. The molecule has 0 spiro atoms. The molecule has 2 aromatic carbocycles. The van der Waals surface area contributed by atoms with Gasteiger partial charge in [0.15, 0.2) is 0 Å². The summed E-state index contributed by atoms with van der Waals surface area (Å²) >= 11 is 0. The zero-order valence-corrected chi connectivity index (χ0v) is 11.1. The van der Waals surface area contributed by atoms with Crippen molar-refractivity contribution in [1.82, 2.24) is 0 Å². The van der Waals surface area contributed by atoms with Crippen molar-refractivity contribution in [3.05, 3.63) is 59.7 Å². The van der Waals surface area contributed by atoms with Gasteiger partial charge in [-0.3, -0.25) is 9.70 Å².